The van der Waals surface area contributed by atoms with Crippen LogP contribution in [0.3, 0.4) is 0 Å². The number of thioether (sulfide) groups is 1. The number of anilines is 1. The summed E-state index contributed by atoms with van der Waals surface area (Å²) in [6.45, 7) is 15.7. The van der Waals surface area contributed by atoms with Gasteiger partial charge in [0.25, 0.3) is 0 Å². The summed E-state index contributed by atoms with van der Waals surface area (Å²) in [6, 6.07) is 36.8. The van der Waals surface area contributed by atoms with E-state index >= 15 is 0 Å². The second-order valence-corrected chi connectivity index (χ2v) is 20.1. The molecule has 0 saturated carbocycles. The minimum Gasteiger partial charge on any atom is -1.00 e. The third kappa shape index (κ3) is 15.5. The molecule has 9 rings (SSSR count). The van der Waals surface area contributed by atoms with E-state index in [1.54, 1.807) is 0 Å². The first-order valence-corrected chi connectivity index (χ1v) is 24.0. The number of rotatable bonds is 3. The Balaban J connectivity index is 0.000000733. The van der Waals surface area contributed by atoms with E-state index in [1.807, 2.05) is 11.8 Å². The Morgan fingerprint density at radius 3 is 1.70 bits per heavy atom. The van der Waals surface area contributed by atoms with Crippen LogP contribution in [-0.2, 0) is 52.4 Å². The molecular formula is C47H49Cl4NSSi2Zr2+2. The van der Waals surface area contributed by atoms with Crippen molar-refractivity contribution in [2.75, 3.05) is 10.7 Å². The average molecular weight is 1040 g/mol. The molecule has 0 fully saturated rings. The zero-order valence-corrected chi connectivity index (χ0v) is 44.3. The summed E-state index contributed by atoms with van der Waals surface area (Å²) < 4.78 is 0. The smallest absolute Gasteiger partial charge is 1.00 e. The van der Waals surface area contributed by atoms with Crippen LogP contribution in [0.4, 0.5) is 5.69 Å². The number of hydrogen-bond donors (Lipinski definition) is 0. The van der Waals surface area contributed by atoms with Crippen LogP contribution in [0, 0.1) is 13.8 Å². The van der Waals surface area contributed by atoms with Crippen LogP contribution in [0.1, 0.15) is 18.1 Å². The fourth-order valence-corrected chi connectivity index (χ4v) is 9.58. The minimum absolute atomic E-state index is 0. The van der Waals surface area contributed by atoms with Crippen LogP contribution in [0.5, 0.6) is 0 Å². The van der Waals surface area contributed by atoms with Gasteiger partial charge in [-0.1, -0.05) is 93.9 Å². The van der Waals surface area contributed by atoms with E-state index in [4.69, 9.17) is 0 Å². The summed E-state index contributed by atoms with van der Waals surface area (Å²) in [4.78, 5) is 3.93. The minimum atomic E-state index is -0.360. The zero-order valence-electron chi connectivity index (χ0n) is 33.6. The van der Waals surface area contributed by atoms with E-state index in [2.05, 4.69) is 203 Å². The molecule has 0 radical (unpaired) electrons. The van der Waals surface area contributed by atoms with Crippen LogP contribution < -0.4 is 54.5 Å². The number of para-hydroxylation sites is 1. The fourth-order valence-electron chi connectivity index (χ4n) is 6.85. The van der Waals surface area contributed by atoms with Crippen LogP contribution in [0.25, 0.3) is 21.5 Å². The summed E-state index contributed by atoms with van der Waals surface area (Å²) in [7, 11) is -0.582. The molecule has 0 spiro atoms. The number of nitrogens with zero attached hydrogens (tertiary/aromatic N) is 1. The summed E-state index contributed by atoms with van der Waals surface area (Å²) in [5.41, 5.74) is 15.9. The number of hydrogen-bond acceptors (Lipinski definition) is 2. The number of aryl methyl sites for hydroxylation is 2. The maximum Gasteiger partial charge on any atom is 4.00 e. The molecule has 57 heavy (non-hydrogen) atoms. The van der Waals surface area contributed by atoms with Gasteiger partial charge in [-0.05, 0) is 65.7 Å². The standard InChI is InChI=1S/C17H19NSi.C10H12SSi.2C10H9.4ClH.2Zr/c1-13-9-14-11-16(12-19(2)3)18(17(14)10-13)15-7-5-4-6-8-15;1-12(2)7-8-5-9-3-4-11-10(9)6-8;2*1-8-6-9-4-2-3-5-10(9)7-8;;;;;;/h4-12,16H,1-3H3;3,5-7H,4H2,1-2H3;2*2-7H,1H3;4*1H;;/q;;2*-1;;;;;2*+4/p-4. The fraction of sp³-hybridized carbons (Fsp3) is 0.191. The van der Waals surface area contributed by atoms with Crippen LogP contribution in [0.15, 0.2) is 172 Å². The van der Waals surface area contributed by atoms with Gasteiger partial charge in [-0.2, -0.15) is 12.1 Å². The van der Waals surface area contributed by atoms with Gasteiger partial charge in [0.05, 0.1) is 6.04 Å². The molecular weight excluding hydrogens is 991 g/mol. The first-order valence-electron chi connectivity index (χ1n) is 17.9. The van der Waals surface area contributed by atoms with E-state index in [-0.39, 0.29) is 119 Å². The predicted molar refractivity (Wildman–Crippen MR) is 235 cm³/mol. The first kappa shape index (κ1) is 55.6. The molecule has 4 aliphatic rings. The predicted octanol–water partition coefficient (Wildman–Crippen LogP) is 0.151. The van der Waals surface area contributed by atoms with Gasteiger partial charge in [0.2, 0.25) is 0 Å². The molecule has 1 unspecified atom stereocenters. The van der Waals surface area contributed by atoms with Crippen molar-refractivity contribution in [3.8, 4) is 0 Å². The molecule has 5 aromatic rings. The normalized spacial score (nSPS) is 14.7. The Morgan fingerprint density at radius 2 is 1.19 bits per heavy atom. The molecule has 10 heteroatoms. The van der Waals surface area contributed by atoms with Gasteiger partial charge in [0.15, 0.2) is 0 Å². The van der Waals surface area contributed by atoms with Gasteiger partial charge in [-0.25, -0.2) is 0 Å². The summed E-state index contributed by atoms with van der Waals surface area (Å²) in [6.07, 6.45) is 13.9. The van der Waals surface area contributed by atoms with Crippen molar-refractivity contribution in [2.24, 2.45) is 0 Å². The molecule has 290 valence electrons. The topological polar surface area (TPSA) is 3.24 Å². The molecule has 0 aromatic heterocycles. The van der Waals surface area contributed by atoms with Gasteiger partial charge in [-0.15, -0.1) is 93.0 Å². The van der Waals surface area contributed by atoms with Crippen molar-refractivity contribution in [3.05, 3.63) is 184 Å². The maximum atomic E-state index is 2.51. The maximum absolute atomic E-state index is 2.51. The quantitative estimate of drug-likeness (QED) is 0.188. The Labute approximate surface area is 412 Å². The van der Waals surface area contributed by atoms with E-state index in [1.165, 1.54) is 77.0 Å². The molecule has 2 aliphatic heterocycles. The molecule has 1 nitrogen and oxygen atoms in total. The van der Waals surface area contributed by atoms with Gasteiger partial charge in [0.1, 0.15) is 0 Å². The Morgan fingerprint density at radius 1 is 0.649 bits per heavy atom. The van der Waals surface area contributed by atoms with E-state index < -0.39 is 0 Å². The van der Waals surface area contributed by atoms with Gasteiger partial charge >= 0.3 is 52.4 Å². The second-order valence-electron chi connectivity index (χ2n) is 14.1. The third-order valence-corrected chi connectivity index (χ3v) is 11.8. The largest absolute Gasteiger partial charge is 4.00 e. The van der Waals surface area contributed by atoms with Crippen molar-refractivity contribution in [2.45, 2.75) is 53.0 Å². The van der Waals surface area contributed by atoms with Gasteiger partial charge in [0, 0.05) is 38.9 Å². The van der Waals surface area contributed by atoms with Crippen molar-refractivity contribution in [3.63, 3.8) is 0 Å². The Kier molecular flexibility index (Phi) is 26.0. The molecule has 0 amide bonds. The molecule has 0 N–H and O–H groups in total. The Hall–Kier alpha value is -1.43. The molecule has 1 atom stereocenters. The monoisotopic (exact) mass is 1030 g/mol. The third-order valence-electron chi connectivity index (χ3n) is 8.92. The van der Waals surface area contributed by atoms with Crippen molar-refractivity contribution < 1.29 is 102 Å². The molecule has 2 aliphatic carbocycles. The summed E-state index contributed by atoms with van der Waals surface area (Å²) >= 11 is 1.95. The van der Waals surface area contributed by atoms with E-state index in [0.717, 1.165) is 0 Å². The average Bonchev–Trinajstić information content (AvgIpc) is 3.93. The molecule has 0 saturated heterocycles. The molecule has 2 heterocycles. The summed E-state index contributed by atoms with van der Waals surface area (Å²) in [5.74, 6) is 1.17. The van der Waals surface area contributed by atoms with Crippen LogP contribution >= 0.6 is 11.8 Å². The number of fused-ring (bicyclic) bond motifs is 4. The van der Waals surface area contributed by atoms with E-state index in [9.17, 15) is 0 Å². The van der Waals surface area contributed by atoms with Gasteiger partial charge < -0.3 is 54.5 Å². The molecule has 0 bridgehead atoms. The van der Waals surface area contributed by atoms with E-state index in [0.29, 0.717) is 6.04 Å². The van der Waals surface area contributed by atoms with Crippen molar-refractivity contribution in [1.29, 1.82) is 0 Å². The van der Waals surface area contributed by atoms with Gasteiger partial charge in [-0.3, -0.25) is 0 Å². The van der Waals surface area contributed by atoms with Crippen molar-refractivity contribution >= 4 is 67.2 Å². The number of benzene rings is 3. The van der Waals surface area contributed by atoms with Crippen LogP contribution in [-0.4, -0.2) is 40.0 Å². The Bertz CT molecular complexity index is 2170. The summed E-state index contributed by atoms with van der Waals surface area (Å²) in [5, 5.41) is 5.39. The SMILES string of the molecule is CC1=CC2=CC(C=[Si](C)C)N(c3ccccc3)C2=C1.C[Si](C)=CC1=CC2=CCSC2=C1.Cc1cc2ccccc2[cH-]1.Cc1cc2ccccc2[cH-]1.[Cl-].[Cl-].[Cl-].[Cl-].[Zr+4].[Zr+4]. The molecule has 5 aromatic carbocycles. The van der Waals surface area contributed by atoms with Crippen LogP contribution in [0.2, 0.25) is 26.2 Å². The second kappa shape index (κ2) is 26.7. The number of halogens is 4. The zero-order chi connectivity index (χ0) is 35.9. The number of allylic oxidation sites excluding steroid dienone is 7. The van der Waals surface area contributed by atoms with Crippen molar-refractivity contribution in [1.82, 2.24) is 0 Å². The first-order chi connectivity index (χ1) is 24.6.